The first-order valence-electron chi connectivity index (χ1n) is 7.33. The number of likely N-dealkylation sites (N-methyl/N-ethyl adjacent to an activating group) is 1. The monoisotopic (exact) mass is 240 g/mol. The number of ether oxygens (including phenoxy) is 1. The van der Waals surface area contributed by atoms with E-state index in [4.69, 9.17) is 10.5 Å². The molecular formula is C14H28N2O. The molecule has 0 radical (unpaired) electrons. The summed E-state index contributed by atoms with van der Waals surface area (Å²) in [6.07, 6.45) is 6.42. The zero-order chi connectivity index (χ0) is 12.3. The molecule has 0 bridgehead atoms. The number of rotatable bonds is 5. The van der Waals surface area contributed by atoms with Gasteiger partial charge in [0.1, 0.15) is 0 Å². The van der Waals surface area contributed by atoms with Crippen LogP contribution in [0.2, 0.25) is 0 Å². The van der Waals surface area contributed by atoms with E-state index in [0.717, 1.165) is 32.7 Å². The van der Waals surface area contributed by atoms with Crippen LogP contribution in [0.5, 0.6) is 0 Å². The summed E-state index contributed by atoms with van der Waals surface area (Å²) in [5.41, 5.74) is 6.92. The van der Waals surface area contributed by atoms with Crippen molar-refractivity contribution in [1.29, 1.82) is 0 Å². The van der Waals surface area contributed by atoms with Crippen molar-refractivity contribution in [3.63, 3.8) is 0 Å². The van der Waals surface area contributed by atoms with Gasteiger partial charge >= 0.3 is 0 Å². The Kier molecular flexibility index (Phi) is 4.45. The first-order chi connectivity index (χ1) is 8.24. The van der Waals surface area contributed by atoms with Crippen LogP contribution in [0, 0.1) is 5.92 Å². The molecule has 3 nitrogen and oxygen atoms in total. The Hall–Kier alpha value is -0.120. The molecule has 17 heavy (non-hydrogen) atoms. The summed E-state index contributed by atoms with van der Waals surface area (Å²) in [5.74, 6) is 0.577. The van der Waals surface area contributed by atoms with Gasteiger partial charge in [-0.1, -0.05) is 26.7 Å². The fraction of sp³-hybridized carbons (Fsp3) is 1.00. The van der Waals surface area contributed by atoms with Crippen molar-refractivity contribution in [2.45, 2.75) is 57.5 Å². The molecule has 1 aliphatic carbocycles. The quantitative estimate of drug-likeness (QED) is 0.799. The minimum atomic E-state index is 0.266. The molecule has 0 aromatic rings. The number of nitrogens with zero attached hydrogens (tertiary/aromatic N) is 1. The van der Waals surface area contributed by atoms with Gasteiger partial charge in [0.2, 0.25) is 0 Å². The van der Waals surface area contributed by atoms with Gasteiger partial charge in [0, 0.05) is 24.1 Å². The molecular weight excluding hydrogens is 212 g/mol. The third-order valence-electron chi connectivity index (χ3n) is 4.96. The molecule has 100 valence electrons. The minimum Gasteiger partial charge on any atom is -0.381 e. The molecule has 2 unspecified atom stereocenters. The predicted molar refractivity (Wildman–Crippen MR) is 71.0 cm³/mol. The molecule has 0 aromatic carbocycles. The van der Waals surface area contributed by atoms with E-state index in [1.807, 2.05) is 0 Å². The fourth-order valence-electron chi connectivity index (χ4n) is 3.98. The van der Waals surface area contributed by atoms with E-state index in [1.54, 1.807) is 0 Å². The van der Waals surface area contributed by atoms with Gasteiger partial charge in [-0.2, -0.15) is 0 Å². The van der Waals surface area contributed by atoms with Crippen LogP contribution < -0.4 is 5.73 Å². The van der Waals surface area contributed by atoms with Crippen molar-refractivity contribution >= 4 is 0 Å². The minimum absolute atomic E-state index is 0.266. The van der Waals surface area contributed by atoms with Gasteiger partial charge in [-0.3, -0.25) is 4.90 Å². The average molecular weight is 240 g/mol. The first-order valence-corrected chi connectivity index (χ1v) is 7.33. The van der Waals surface area contributed by atoms with Crippen molar-refractivity contribution in [1.82, 2.24) is 4.90 Å². The van der Waals surface area contributed by atoms with Crippen LogP contribution in [0.15, 0.2) is 0 Å². The second-order valence-corrected chi connectivity index (χ2v) is 5.63. The summed E-state index contributed by atoms with van der Waals surface area (Å²) in [6, 6.07) is 0.299. The Labute approximate surface area is 106 Å². The highest BCUT2D eigenvalue weighted by Gasteiger charge is 2.46. The van der Waals surface area contributed by atoms with E-state index in [9.17, 15) is 0 Å². The highest BCUT2D eigenvalue weighted by Crippen LogP contribution is 2.40. The van der Waals surface area contributed by atoms with Crippen LogP contribution in [-0.2, 0) is 4.74 Å². The smallest absolute Gasteiger partial charge is 0.0510 e. The first kappa shape index (κ1) is 13.3. The summed E-state index contributed by atoms with van der Waals surface area (Å²) in [4.78, 5) is 2.61. The lowest BCUT2D eigenvalue weighted by molar-refractivity contribution is 0.0513. The fourth-order valence-corrected chi connectivity index (χ4v) is 3.98. The highest BCUT2D eigenvalue weighted by molar-refractivity contribution is 5.04. The maximum Gasteiger partial charge on any atom is 0.0510 e. The van der Waals surface area contributed by atoms with Crippen LogP contribution >= 0.6 is 0 Å². The Morgan fingerprint density at radius 2 is 1.94 bits per heavy atom. The lowest BCUT2D eigenvalue weighted by atomic mass is 9.79. The summed E-state index contributed by atoms with van der Waals surface area (Å²) >= 11 is 0. The molecule has 2 fully saturated rings. The van der Waals surface area contributed by atoms with Crippen molar-refractivity contribution in [3.8, 4) is 0 Å². The molecule has 0 spiro atoms. The summed E-state index contributed by atoms with van der Waals surface area (Å²) in [7, 11) is 0. The number of hydrogen-bond donors (Lipinski definition) is 1. The molecule has 3 heteroatoms. The molecule has 0 amide bonds. The molecule has 1 saturated heterocycles. The molecule has 2 atom stereocenters. The highest BCUT2D eigenvalue weighted by atomic mass is 16.5. The Balaban J connectivity index is 2.14. The van der Waals surface area contributed by atoms with Crippen LogP contribution in [0.1, 0.15) is 46.0 Å². The van der Waals surface area contributed by atoms with Crippen LogP contribution in [0.3, 0.4) is 0 Å². The average Bonchev–Trinajstić information content (AvgIpc) is 3.02. The van der Waals surface area contributed by atoms with Gasteiger partial charge in [-0.15, -0.1) is 0 Å². The molecule has 2 aliphatic rings. The lowest BCUT2D eigenvalue weighted by Gasteiger charge is -2.46. The van der Waals surface area contributed by atoms with Gasteiger partial charge < -0.3 is 10.5 Å². The Bertz CT molecular complexity index is 228. The van der Waals surface area contributed by atoms with Gasteiger partial charge in [0.25, 0.3) is 0 Å². The van der Waals surface area contributed by atoms with Crippen molar-refractivity contribution in [3.05, 3.63) is 0 Å². The number of nitrogens with two attached hydrogens (primary N) is 1. The Morgan fingerprint density at radius 1 is 1.29 bits per heavy atom. The third-order valence-corrected chi connectivity index (χ3v) is 4.96. The number of hydrogen-bond acceptors (Lipinski definition) is 3. The normalized spacial score (nSPS) is 30.0. The van der Waals surface area contributed by atoms with Gasteiger partial charge in [-0.25, -0.2) is 0 Å². The molecule has 2 N–H and O–H groups in total. The maximum absolute atomic E-state index is 6.65. The van der Waals surface area contributed by atoms with E-state index in [-0.39, 0.29) is 5.54 Å². The third kappa shape index (κ3) is 2.38. The maximum atomic E-state index is 6.65. The second-order valence-electron chi connectivity index (χ2n) is 5.63. The summed E-state index contributed by atoms with van der Waals surface area (Å²) in [6.45, 7) is 8.56. The van der Waals surface area contributed by atoms with Crippen molar-refractivity contribution in [2.75, 3.05) is 26.3 Å². The van der Waals surface area contributed by atoms with E-state index in [2.05, 4.69) is 18.7 Å². The van der Waals surface area contributed by atoms with Crippen LogP contribution in [0.25, 0.3) is 0 Å². The van der Waals surface area contributed by atoms with Crippen LogP contribution in [-0.4, -0.2) is 42.8 Å². The topological polar surface area (TPSA) is 38.5 Å². The van der Waals surface area contributed by atoms with E-state index in [1.165, 1.54) is 25.7 Å². The van der Waals surface area contributed by atoms with Gasteiger partial charge in [0.15, 0.2) is 0 Å². The Morgan fingerprint density at radius 3 is 2.41 bits per heavy atom. The van der Waals surface area contributed by atoms with Crippen LogP contribution in [0.4, 0.5) is 0 Å². The predicted octanol–water partition coefficient (Wildman–Crippen LogP) is 2.00. The zero-order valence-electron chi connectivity index (χ0n) is 11.5. The summed E-state index contributed by atoms with van der Waals surface area (Å²) < 4.78 is 5.53. The van der Waals surface area contributed by atoms with E-state index < -0.39 is 0 Å². The van der Waals surface area contributed by atoms with E-state index >= 15 is 0 Å². The van der Waals surface area contributed by atoms with Crippen molar-refractivity contribution in [2.24, 2.45) is 11.7 Å². The molecule has 1 aliphatic heterocycles. The molecule has 2 rings (SSSR count). The van der Waals surface area contributed by atoms with Gasteiger partial charge in [-0.05, 0) is 32.4 Å². The lowest BCUT2D eigenvalue weighted by Crippen LogP contribution is -2.61. The SMILES string of the molecule is CCN(CC)C1(C(N)C2CCOC2)CCCC1. The van der Waals surface area contributed by atoms with E-state index in [0.29, 0.717) is 12.0 Å². The van der Waals surface area contributed by atoms with Crippen molar-refractivity contribution < 1.29 is 4.74 Å². The molecule has 0 aromatic heterocycles. The largest absolute Gasteiger partial charge is 0.381 e. The zero-order valence-corrected chi connectivity index (χ0v) is 11.5. The second kappa shape index (κ2) is 5.68. The molecule has 1 saturated carbocycles. The standard InChI is InChI=1S/C14H28N2O/c1-3-16(4-2)14(8-5-6-9-14)13(15)12-7-10-17-11-12/h12-13H,3-11,15H2,1-2H3. The summed E-state index contributed by atoms with van der Waals surface area (Å²) in [5, 5.41) is 0. The molecule has 1 heterocycles. The van der Waals surface area contributed by atoms with Gasteiger partial charge in [0.05, 0.1) is 6.61 Å².